The van der Waals surface area contributed by atoms with Crippen molar-refractivity contribution in [1.82, 2.24) is 9.97 Å². The van der Waals surface area contributed by atoms with Crippen LogP contribution >= 0.6 is 0 Å². The van der Waals surface area contributed by atoms with Crippen molar-refractivity contribution in [3.8, 4) is 0 Å². The Balaban J connectivity index is 3.19. The minimum atomic E-state index is 0.00308. The first-order chi connectivity index (χ1) is 5.99. The van der Waals surface area contributed by atoms with Crippen LogP contribution in [0.25, 0.3) is 0 Å². The second kappa shape index (κ2) is 3.32. The summed E-state index contributed by atoms with van der Waals surface area (Å²) in [4.78, 5) is 17.8. The molecule has 13 heavy (non-hydrogen) atoms. The van der Waals surface area contributed by atoms with Crippen LogP contribution in [0.5, 0.6) is 0 Å². The summed E-state index contributed by atoms with van der Waals surface area (Å²) in [5.74, 6) is 0.432. The number of nitrogens with one attached hydrogen (secondary N) is 1. The van der Waals surface area contributed by atoms with E-state index in [0.717, 1.165) is 24.1 Å². The molecule has 0 unspecified atom stereocenters. The summed E-state index contributed by atoms with van der Waals surface area (Å²) in [5.41, 5.74) is 2.06. The number of H-pyrrole nitrogens is 1. The number of aromatic nitrogens is 2. The summed E-state index contributed by atoms with van der Waals surface area (Å²) in [6.07, 6.45) is 1.64. The average Bonchev–Trinajstić information content (AvgIpc) is 2.46. The predicted octanol–water partition coefficient (Wildman–Crippen LogP) is 2.08. The van der Waals surface area contributed by atoms with E-state index in [1.54, 1.807) is 0 Å². The maximum absolute atomic E-state index is 10.5. The molecule has 0 aliphatic rings. The van der Waals surface area contributed by atoms with E-state index >= 15 is 0 Å². The Morgan fingerprint density at radius 2 is 2.08 bits per heavy atom. The van der Waals surface area contributed by atoms with Crippen LogP contribution in [0.3, 0.4) is 0 Å². The molecule has 1 rings (SSSR count). The molecule has 0 spiro atoms. The van der Waals surface area contributed by atoms with Gasteiger partial charge in [-0.25, -0.2) is 4.98 Å². The summed E-state index contributed by atoms with van der Waals surface area (Å²) in [6.45, 7) is 8.34. The summed E-state index contributed by atoms with van der Waals surface area (Å²) in [6, 6.07) is 0. The standard InChI is InChI=1S/C10H16N2O/c1-5-7-9(10(2,3)4)12-8(6-13)11-7/h6H,5H2,1-4H3,(H,11,12). The molecule has 72 valence electrons. The first kappa shape index (κ1) is 9.96. The van der Waals surface area contributed by atoms with Crippen LogP contribution < -0.4 is 0 Å². The number of carbonyl (C=O) groups is 1. The van der Waals surface area contributed by atoms with E-state index in [4.69, 9.17) is 0 Å². The Morgan fingerprint density at radius 3 is 2.38 bits per heavy atom. The molecule has 0 saturated heterocycles. The molecule has 0 radical (unpaired) electrons. The fourth-order valence-electron chi connectivity index (χ4n) is 1.36. The number of imidazole rings is 1. The molecule has 1 N–H and O–H groups in total. The van der Waals surface area contributed by atoms with E-state index in [0.29, 0.717) is 5.82 Å². The minimum Gasteiger partial charge on any atom is -0.339 e. The number of hydrogen-bond acceptors (Lipinski definition) is 2. The van der Waals surface area contributed by atoms with Gasteiger partial charge in [0.2, 0.25) is 0 Å². The lowest BCUT2D eigenvalue weighted by Gasteiger charge is -2.16. The molecule has 0 aliphatic heterocycles. The van der Waals surface area contributed by atoms with Gasteiger partial charge in [-0.15, -0.1) is 0 Å². The zero-order valence-electron chi connectivity index (χ0n) is 8.64. The Labute approximate surface area is 78.6 Å². The van der Waals surface area contributed by atoms with Gasteiger partial charge in [-0.3, -0.25) is 4.79 Å². The van der Waals surface area contributed by atoms with Crippen LogP contribution in [0, 0.1) is 0 Å². The second-order valence-corrected chi connectivity index (χ2v) is 4.17. The molecule has 3 heteroatoms. The molecule has 1 aromatic rings. The molecular weight excluding hydrogens is 164 g/mol. The molecule has 0 amide bonds. The first-order valence-electron chi connectivity index (χ1n) is 4.53. The van der Waals surface area contributed by atoms with E-state index < -0.39 is 0 Å². The van der Waals surface area contributed by atoms with Gasteiger partial charge >= 0.3 is 0 Å². The topological polar surface area (TPSA) is 45.8 Å². The van der Waals surface area contributed by atoms with Crippen LogP contribution in [-0.4, -0.2) is 16.3 Å². The van der Waals surface area contributed by atoms with E-state index in [9.17, 15) is 4.79 Å². The lowest BCUT2D eigenvalue weighted by molar-refractivity contribution is 0.111. The molecule has 0 aliphatic carbocycles. The fourth-order valence-corrected chi connectivity index (χ4v) is 1.36. The number of aromatic amines is 1. The fraction of sp³-hybridized carbons (Fsp3) is 0.600. The third-order valence-electron chi connectivity index (χ3n) is 1.97. The summed E-state index contributed by atoms with van der Waals surface area (Å²) >= 11 is 0. The van der Waals surface area contributed by atoms with Gasteiger partial charge in [0.15, 0.2) is 12.1 Å². The zero-order chi connectivity index (χ0) is 10.1. The monoisotopic (exact) mass is 180 g/mol. The normalized spacial score (nSPS) is 11.7. The molecule has 0 atom stereocenters. The highest BCUT2D eigenvalue weighted by Gasteiger charge is 2.21. The highest BCUT2D eigenvalue weighted by Crippen LogP contribution is 2.23. The molecule has 1 heterocycles. The quantitative estimate of drug-likeness (QED) is 0.708. The average molecular weight is 180 g/mol. The van der Waals surface area contributed by atoms with Crippen molar-refractivity contribution in [1.29, 1.82) is 0 Å². The van der Waals surface area contributed by atoms with Crippen molar-refractivity contribution in [2.45, 2.75) is 39.5 Å². The Morgan fingerprint density at radius 1 is 1.46 bits per heavy atom. The van der Waals surface area contributed by atoms with Crippen molar-refractivity contribution in [2.75, 3.05) is 0 Å². The van der Waals surface area contributed by atoms with E-state index in [2.05, 4.69) is 37.7 Å². The van der Waals surface area contributed by atoms with Crippen molar-refractivity contribution in [3.05, 3.63) is 17.2 Å². The Bertz CT molecular complexity index is 307. The van der Waals surface area contributed by atoms with Crippen LogP contribution in [0.2, 0.25) is 0 Å². The van der Waals surface area contributed by atoms with Gasteiger partial charge in [-0.2, -0.15) is 0 Å². The van der Waals surface area contributed by atoms with Crippen LogP contribution in [0.1, 0.15) is 49.7 Å². The van der Waals surface area contributed by atoms with Crippen molar-refractivity contribution >= 4 is 6.29 Å². The number of aryl methyl sites for hydroxylation is 1. The maximum atomic E-state index is 10.5. The number of aldehydes is 1. The lowest BCUT2D eigenvalue weighted by atomic mass is 9.90. The van der Waals surface area contributed by atoms with Crippen molar-refractivity contribution in [2.24, 2.45) is 0 Å². The molecule has 3 nitrogen and oxygen atoms in total. The Kier molecular flexibility index (Phi) is 2.55. The number of rotatable bonds is 2. The largest absolute Gasteiger partial charge is 0.339 e. The predicted molar refractivity (Wildman–Crippen MR) is 52.1 cm³/mol. The molecule has 0 bridgehead atoms. The summed E-state index contributed by atoms with van der Waals surface area (Å²) in [5, 5.41) is 0. The van der Waals surface area contributed by atoms with Crippen LogP contribution in [0.15, 0.2) is 0 Å². The molecule has 0 aromatic carbocycles. The Hall–Kier alpha value is -1.12. The van der Waals surface area contributed by atoms with Crippen LogP contribution in [-0.2, 0) is 11.8 Å². The van der Waals surface area contributed by atoms with E-state index in [1.165, 1.54) is 0 Å². The summed E-state index contributed by atoms with van der Waals surface area (Å²) < 4.78 is 0. The highest BCUT2D eigenvalue weighted by atomic mass is 16.1. The third-order valence-corrected chi connectivity index (χ3v) is 1.97. The second-order valence-electron chi connectivity index (χ2n) is 4.17. The lowest BCUT2D eigenvalue weighted by Crippen LogP contribution is -2.14. The third kappa shape index (κ3) is 1.97. The first-order valence-corrected chi connectivity index (χ1v) is 4.53. The van der Waals surface area contributed by atoms with Crippen molar-refractivity contribution in [3.63, 3.8) is 0 Å². The van der Waals surface area contributed by atoms with E-state index in [1.807, 2.05) is 0 Å². The van der Waals surface area contributed by atoms with Gasteiger partial charge in [-0.05, 0) is 6.42 Å². The number of nitrogens with zero attached hydrogens (tertiary/aromatic N) is 1. The maximum Gasteiger partial charge on any atom is 0.185 e. The highest BCUT2D eigenvalue weighted by molar-refractivity contribution is 5.69. The van der Waals surface area contributed by atoms with Gasteiger partial charge in [0, 0.05) is 11.1 Å². The molecule has 0 fully saturated rings. The van der Waals surface area contributed by atoms with Gasteiger partial charge in [0.05, 0.1) is 5.69 Å². The smallest absolute Gasteiger partial charge is 0.185 e. The molecule has 1 aromatic heterocycles. The zero-order valence-corrected chi connectivity index (χ0v) is 8.64. The van der Waals surface area contributed by atoms with Crippen molar-refractivity contribution < 1.29 is 4.79 Å². The molecular formula is C10H16N2O. The van der Waals surface area contributed by atoms with Crippen LogP contribution in [0.4, 0.5) is 0 Å². The van der Waals surface area contributed by atoms with Gasteiger partial charge in [0.25, 0.3) is 0 Å². The van der Waals surface area contributed by atoms with Gasteiger partial charge in [0.1, 0.15) is 0 Å². The molecule has 0 saturated carbocycles. The minimum absolute atomic E-state index is 0.00308. The SMILES string of the molecule is CCc1[nH]c(C=O)nc1C(C)(C)C. The van der Waals surface area contributed by atoms with Gasteiger partial charge < -0.3 is 4.98 Å². The van der Waals surface area contributed by atoms with E-state index in [-0.39, 0.29) is 5.41 Å². The van der Waals surface area contributed by atoms with Gasteiger partial charge in [-0.1, -0.05) is 27.7 Å². The number of hydrogen-bond donors (Lipinski definition) is 1. The number of carbonyl (C=O) groups excluding carboxylic acids is 1. The summed E-state index contributed by atoms with van der Waals surface area (Å²) in [7, 11) is 0.